The molecule has 0 saturated carbocycles. The molecule has 3 fully saturated rings. The second-order valence-electron chi connectivity index (χ2n) is 35.9. The number of hydrogen-bond donors (Lipinski definition) is 2. The molecule has 3 saturated heterocycles. The molecule has 2 N–H and O–H groups in total. The summed E-state index contributed by atoms with van der Waals surface area (Å²) in [6, 6.07) is 80.7. The number of aliphatic hydroxyl groups is 1. The highest BCUT2D eigenvalue weighted by atomic mass is 16.5. The normalized spacial score (nSPS) is 15.2. The maximum Gasteiger partial charge on any atom is 0.316 e. The number of carbonyl (C=O) groups excluding carboxylic acids is 4. The Morgan fingerprint density at radius 3 is 0.767 bits per heavy atom. The molecule has 16 heteroatoms. The fourth-order valence-electron chi connectivity index (χ4n) is 14.5. The molecular formula is C104H128N6O10. The van der Waals surface area contributed by atoms with Crippen LogP contribution in [0, 0.1) is 21.7 Å². The monoisotopic (exact) mass is 1620 g/mol. The van der Waals surface area contributed by atoms with Crippen LogP contribution in [0.25, 0.3) is 33.4 Å². The minimum Gasteiger partial charge on any atom is -0.508 e. The highest BCUT2D eigenvalue weighted by Gasteiger charge is 2.29. The van der Waals surface area contributed by atoms with Crippen molar-refractivity contribution in [2.45, 2.75) is 122 Å². The number of carbonyl (C=O) groups is 4. The van der Waals surface area contributed by atoms with E-state index in [2.05, 4.69) is 196 Å². The van der Waals surface area contributed by atoms with E-state index in [9.17, 15) is 29.4 Å². The molecule has 0 spiro atoms. The number of anilines is 3. The van der Waals surface area contributed by atoms with E-state index in [-0.39, 0.29) is 36.2 Å². The predicted molar refractivity (Wildman–Crippen MR) is 492 cm³/mol. The van der Waals surface area contributed by atoms with Gasteiger partial charge in [-0.2, -0.15) is 0 Å². The molecule has 120 heavy (non-hydrogen) atoms. The van der Waals surface area contributed by atoms with Gasteiger partial charge >= 0.3 is 23.9 Å². The molecule has 3 heterocycles. The van der Waals surface area contributed by atoms with Crippen molar-refractivity contribution in [1.82, 2.24) is 14.7 Å². The summed E-state index contributed by atoms with van der Waals surface area (Å²) in [5, 5.41) is 19.7. The first-order valence-corrected chi connectivity index (χ1v) is 42.7. The third kappa shape index (κ3) is 26.6. The van der Waals surface area contributed by atoms with Crippen molar-refractivity contribution in [1.29, 1.82) is 0 Å². The number of hydrogen-bond acceptors (Lipinski definition) is 16. The number of benzene rings is 9. The van der Waals surface area contributed by atoms with Crippen molar-refractivity contribution in [3.8, 4) is 17.2 Å². The molecule has 0 aliphatic carbocycles. The Balaban J connectivity index is 0.000000190. The van der Waals surface area contributed by atoms with Gasteiger partial charge in [0, 0.05) is 102 Å². The van der Waals surface area contributed by atoms with Gasteiger partial charge in [-0.05, 0) is 299 Å². The highest BCUT2D eigenvalue weighted by Crippen LogP contribution is 2.42. The van der Waals surface area contributed by atoms with Crippen molar-refractivity contribution >= 4 is 74.4 Å². The maximum absolute atomic E-state index is 12.5. The van der Waals surface area contributed by atoms with E-state index in [1.165, 1.54) is 33.8 Å². The lowest BCUT2D eigenvalue weighted by Gasteiger charge is -2.34. The molecule has 0 amide bonds. The lowest BCUT2D eigenvalue weighted by molar-refractivity contribution is -0.153. The number of allylic oxidation sites excluding steroid dienone is 3. The second kappa shape index (κ2) is 42.9. The van der Waals surface area contributed by atoms with E-state index in [1.807, 2.05) is 162 Å². The van der Waals surface area contributed by atoms with Crippen LogP contribution in [0.2, 0.25) is 0 Å². The van der Waals surface area contributed by atoms with Gasteiger partial charge in [0.15, 0.2) is 0 Å². The van der Waals surface area contributed by atoms with E-state index in [1.54, 1.807) is 12.1 Å². The summed E-state index contributed by atoms with van der Waals surface area (Å²) in [5.41, 5.74) is 18.3. The first kappa shape index (κ1) is 91.4. The SMILES string of the molecule is CN1CCN(c2ccc(/C(=C(/CCCO)c3ccccc3)c3ccc(OC(=O)C(C)(C)C)cc3)cc2)CC1.CN1CCN(c2ccc(/C(=C(/CCCOC(=O)C(C)(C)C)c3ccccc3)c3ccc(O)cc3)cc2)CC1.CN1CCN(c2ccc(/C(=C(/CCCOC(=O)C(C)(C)C)c3ccccc3)c3ccc(OC(=O)C(C)(C)C)cc3)cc2)CC1. The van der Waals surface area contributed by atoms with E-state index in [0.29, 0.717) is 44.0 Å². The third-order valence-electron chi connectivity index (χ3n) is 21.9. The third-order valence-corrected chi connectivity index (χ3v) is 21.9. The summed E-state index contributed by atoms with van der Waals surface area (Å²) in [5.74, 6) is 0.408. The number of phenolic OH excluding ortho intramolecular Hbond substituents is 1. The number of esters is 4. The number of aliphatic hydroxyl groups excluding tert-OH is 1. The van der Waals surface area contributed by atoms with Crippen molar-refractivity contribution in [2.24, 2.45) is 21.7 Å². The zero-order valence-corrected chi connectivity index (χ0v) is 73.7. The van der Waals surface area contributed by atoms with Crippen LogP contribution in [-0.4, -0.2) is 168 Å². The molecule has 12 rings (SSSR count). The molecular weight excluding hydrogens is 1490 g/mol. The smallest absolute Gasteiger partial charge is 0.316 e. The quantitative estimate of drug-likeness (QED) is 0.0240. The average Bonchev–Trinajstić information content (AvgIpc) is 0.802. The standard InChI is InChI=1S/C38H48N2O4.2C33H40N2O3/c1-37(2,3)35(41)43-27-11-14-33(28-12-9-8-10-13-28)34(30-17-21-32(22-18-30)44-36(42)38(4,5)6)29-15-19-31(20-16-29)40-25-23-39(7)24-26-40;1-33(2,3)32(37)38-24-8-11-30(25-9-6-5-7-10-25)31(27-14-18-29(36)19-15-27)26-12-16-28(17-13-26)35-22-20-34(4)21-23-35;1-33(2,3)32(37)38-29-18-14-27(15-19-29)31(30(11-8-24-36)25-9-6-5-7-10-25)26-12-16-28(17-13-26)35-22-20-34(4)21-23-35/h8-10,12-13,15-22H,11,14,23-27H2,1-7H3;2*5-7,9-10,12-19,36H,8,11,20-24H2,1-4H3/b34-33+;2*31-30+. The predicted octanol–water partition coefficient (Wildman–Crippen LogP) is 20.3. The molecule has 3 aliphatic rings. The Morgan fingerprint density at radius 1 is 0.292 bits per heavy atom. The Morgan fingerprint density at radius 2 is 0.525 bits per heavy atom. The Bertz CT molecular complexity index is 4840. The largest absolute Gasteiger partial charge is 0.508 e. The lowest BCUT2D eigenvalue weighted by atomic mass is 9.87. The van der Waals surface area contributed by atoms with Crippen LogP contribution >= 0.6 is 0 Å². The van der Waals surface area contributed by atoms with Gasteiger partial charge in [-0.15, -0.1) is 0 Å². The number of piperazine rings is 3. The fourth-order valence-corrected chi connectivity index (χ4v) is 14.5. The highest BCUT2D eigenvalue weighted by molar-refractivity contribution is 6.01. The van der Waals surface area contributed by atoms with Crippen LogP contribution in [0.4, 0.5) is 17.1 Å². The fraction of sp³-hybridized carbons (Fsp3) is 0.385. The zero-order chi connectivity index (χ0) is 86.2. The van der Waals surface area contributed by atoms with Crippen molar-refractivity contribution in [3.05, 3.63) is 287 Å². The molecule has 9 aromatic rings. The van der Waals surface area contributed by atoms with E-state index >= 15 is 0 Å². The molecule has 9 aromatic carbocycles. The van der Waals surface area contributed by atoms with Crippen molar-refractivity contribution < 1.29 is 48.3 Å². The zero-order valence-electron chi connectivity index (χ0n) is 73.7. The van der Waals surface area contributed by atoms with Gasteiger partial charge in [0.05, 0.1) is 34.9 Å². The van der Waals surface area contributed by atoms with Crippen LogP contribution in [0.1, 0.15) is 172 Å². The summed E-state index contributed by atoms with van der Waals surface area (Å²) in [6.45, 7) is 35.7. The van der Waals surface area contributed by atoms with Crippen LogP contribution in [0.15, 0.2) is 237 Å². The molecule has 0 radical (unpaired) electrons. The molecule has 16 nitrogen and oxygen atoms in total. The van der Waals surface area contributed by atoms with Gasteiger partial charge in [-0.1, -0.05) is 164 Å². The average molecular weight is 1620 g/mol. The summed E-state index contributed by atoms with van der Waals surface area (Å²) in [4.78, 5) is 64.1. The summed E-state index contributed by atoms with van der Waals surface area (Å²) >= 11 is 0. The second-order valence-corrected chi connectivity index (χ2v) is 35.9. The maximum atomic E-state index is 12.5. The number of nitrogens with zero attached hydrogens (tertiary/aromatic N) is 6. The van der Waals surface area contributed by atoms with Gasteiger partial charge in [0.25, 0.3) is 0 Å². The first-order valence-electron chi connectivity index (χ1n) is 42.7. The summed E-state index contributed by atoms with van der Waals surface area (Å²) in [7, 11) is 6.51. The number of likely N-dealkylation sites (N-methyl/N-ethyl adjacent to an activating group) is 3. The molecule has 0 unspecified atom stereocenters. The van der Waals surface area contributed by atoms with E-state index in [4.69, 9.17) is 18.9 Å². The van der Waals surface area contributed by atoms with Gasteiger partial charge < -0.3 is 58.6 Å². The first-order chi connectivity index (χ1) is 57.3. The topological polar surface area (TPSA) is 165 Å². The number of aromatic hydroxyl groups is 1. The van der Waals surface area contributed by atoms with Gasteiger partial charge in [0.1, 0.15) is 17.2 Å². The van der Waals surface area contributed by atoms with Crippen molar-refractivity contribution in [3.63, 3.8) is 0 Å². The molecule has 0 aromatic heterocycles. The molecule has 0 atom stereocenters. The van der Waals surface area contributed by atoms with Crippen LogP contribution in [-0.2, 0) is 28.7 Å². The Labute approximate surface area is 714 Å². The molecule has 634 valence electrons. The number of ether oxygens (including phenoxy) is 4. The van der Waals surface area contributed by atoms with Gasteiger partial charge in [-0.25, -0.2) is 0 Å². The number of rotatable bonds is 25. The van der Waals surface area contributed by atoms with Crippen LogP contribution < -0.4 is 24.2 Å². The van der Waals surface area contributed by atoms with E-state index in [0.717, 1.165) is 165 Å². The number of phenols is 1. The molecule has 3 aliphatic heterocycles. The minimum absolute atomic E-state index is 0.133. The van der Waals surface area contributed by atoms with Crippen LogP contribution in [0.3, 0.4) is 0 Å². The minimum atomic E-state index is -0.591. The van der Waals surface area contributed by atoms with Crippen LogP contribution in [0.5, 0.6) is 17.2 Å². The van der Waals surface area contributed by atoms with Gasteiger partial charge in [0.2, 0.25) is 0 Å². The summed E-state index contributed by atoms with van der Waals surface area (Å²) in [6.07, 6.45) is 4.30. The Kier molecular flexibility index (Phi) is 32.7. The summed E-state index contributed by atoms with van der Waals surface area (Å²) < 4.78 is 22.5. The van der Waals surface area contributed by atoms with Crippen molar-refractivity contribution in [2.75, 3.05) is 134 Å². The van der Waals surface area contributed by atoms with E-state index < -0.39 is 21.7 Å². The van der Waals surface area contributed by atoms with Gasteiger partial charge in [-0.3, -0.25) is 19.2 Å². The lowest BCUT2D eigenvalue weighted by Crippen LogP contribution is -2.44. The molecule has 0 bridgehead atoms. The Hall–Kier alpha value is -10.9.